The number of hydrogen-bond acceptors (Lipinski definition) is 6. The first-order valence-electron chi connectivity index (χ1n) is 9.25. The zero-order valence-electron chi connectivity index (χ0n) is 15.8. The maximum atomic E-state index is 12.3. The summed E-state index contributed by atoms with van der Waals surface area (Å²) in [5.41, 5.74) is 0.902. The number of carbonyl (C=O) groups excluding carboxylic acids is 1. The number of hydrogen-bond donors (Lipinski definition) is 2. The van der Waals surface area contributed by atoms with Gasteiger partial charge in [-0.15, -0.1) is 0 Å². The molecule has 0 spiro atoms. The molecule has 0 aliphatic carbocycles. The van der Waals surface area contributed by atoms with E-state index in [9.17, 15) is 13.2 Å². The molecule has 0 saturated carbocycles. The summed E-state index contributed by atoms with van der Waals surface area (Å²) in [4.78, 5) is 18.7. The van der Waals surface area contributed by atoms with Crippen molar-refractivity contribution >= 4 is 33.3 Å². The van der Waals surface area contributed by atoms with Crippen LogP contribution in [0.4, 0.5) is 5.82 Å². The lowest BCUT2D eigenvalue weighted by molar-refractivity contribution is -0.121. The Morgan fingerprint density at radius 1 is 1.17 bits per heavy atom. The van der Waals surface area contributed by atoms with Crippen molar-refractivity contribution in [3.8, 4) is 0 Å². The van der Waals surface area contributed by atoms with E-state index in [1.807, 2.05) is 12.1 Å². The van der Waals surface area contributed by atoms with Crippen molar-refractivity contribution in [3.63, 3.8) is 0 Å². The molecule has 2 heterocycles. The van der Waals surface area contributed by atoms with E-state index < -0.39 is 10.0 Å². The van der Waals surface area contributed by atoms with E-state index >= 15 is 0 Å². The number of benzene rings is 1. The lowest BCUT2D eigenvalue weighted by atomic mass is 10.2. The second-order valence-corrected chi connectivity index (χ2v) is 8.58. The minimum Gasteiger partial charge on any atom is -0.378 e. The van der Waals surface area contributed by atoms with Crippen LogP contribution in [0.2, 0.25) is 5.02 Å². The van der Waals surface area contributed by atoms with E-state index in [0.29, 0.717) is 19.8 Å². The normalized spacial score (nSPS) is 14.6. The van der Waals surface area contributed by atoms with Gasteiger partial charge in [0.1, 0.15) is 10.7 Å². The van der Waals surface area contributed by atoms with Gasteiger partial charge in [-0.1, -0.05) is 29.8 Å². The van der Waals surface area contributed by atoms with Crippen LogP contribution in [0.3, 0.4) is 0 Å². The number of anilines is 1. The summed E-state index contributed by atoms with van der Waals surface area (Å²) >= 11 is 5.93. The highest BCUT2D eigenvalue weighted by molar-refractivity contribution is 7.89. The summed E-state index contributed by atoms with van der Waals surface area (Å²) in [6.07, 6.45) is 1.73. The molecule has 1 aromatic heterocycles. The molecule has 10 heteroatoms. The molecule has 1 amide bonds. The minimum absolute atomic E-state index is 0.00686. The van der Waals surface area contributed by atoms with Gasteiger partial charge in [0.2, 0.25) is 15.9 Å². The van der Waals surface area contributed by atoms with Crippen LogP contribution >= 0.6 is 11.6 Å². The van der Waals surface area contributed by atoms with Crippen LogP contribution in [0.1, 0.15) is 12.0 Å². The Hall–Kier alpha value is -2.20. The molecular weight excluding hydrogens is 416 g/mol. The quantitative estimate of drug-likeness (QED) is 0.648. The Kier molecular flexibility index (Phi) is 7.43. The molecule has 29 heavy (non-hydrogen) atoms. The van der Waals surface area contributed by atoms with Gasteiger partial charge in [0, 0.05) is 44.4 Å². The van der Waals surface area contributed by atoms with E-state index in [-0.39, 0.29) is 28.8 Å². The summed E-state index contributed by atoms with van der Waals surface area (Å²) in [6.45, 7) is 3.09. The van der Waals surface area contributed by atoms with Crippen molar-refractivity contribution < 1.29 is 17.9 Å². The standard InChI is InChI=1S/C19H23ClN4O4S/c20-16-5-1-2-6-17(16)29(26,27)23-9-7-18(25)22-14-15-4-3-8-21-19(15)24-10-12-28-13-11-24/h1-6,8,23H,7,9-14H2,(H,22,25). The van der Waals surface area contributed by atoms with Crippen molar-refractivity contribution in [2.75, 3.05) is 37.7 Å². The van der Waals surface area contributed by atoms with Gasteiger partial charge in [0.15, 0.2) is 0 Å². The summed E-state index contributed by atoms with van der Waals surface area (Å²) in [5.74, 6) is 0.569. The predicted octanol–water partition coefficient (Wildman–Crippen LogP) is 1.56. The van der Waals surface area contributed by atoms with Crippen LogP contribution in [-0.2, 0) is 26.1 Å². The Balaban J connectivity index is 1.50. The number of carbonyl (C=O) groups is 1. The van der Waals surface area contributed by atoms with Gasteiger partial charge in [-0.05, 0) is 18.2 Å². The third-order valence-electron chi connectivity index (χ3n) is 4.42. The third-order valence-corrected chi connectivity index (χ3v) is 6.39. The topological polar surface area (TPSA) is 101 Å². The van der Waals surface area contributed by atoms with Crippen LogP contribution in [0, 0.1) is 0 Å². The second-order valence-electron chi connectivity index (χ2n) is 6.44. The lowest BCUT2D eigenvalue weighted by Gasteiger charge is -2.29. The monoisotopic (exact) mass is 438 g/mol. The number of pyridine rings is 1. The average molecular weight is 439 g/mol. The summed E-state index contributed by atoms with van der Waals surface area (Å²) < 4.78 is 32.3. The molecule has 3 rings (SSSR count). The molecule has 1 aromatic carbocycles. The van der Waals surface area contributed by atoms with Crippen molar-refractivity contribution in [1.82, 2.24) is 15.0 Å². The maximum absolute atomic E-state index is 12.3. The number of amides is 1. The van der Waals surface area contributed by atoms with Crippen LogP contribution in [0.25, 0.3) is 0 Å². The second kappa shape index (κ2) is 10.0. The number of morpholine rings is 1. The van der Waals surface area contributed by atoms with Crippen molar-refractivity contribution in [1.29, 1.82) is 0 Å². The van der Waals surface area contributed by atoms with E-state index in [4.69, 9.17) is 16.3 Å². The zero-order chi connectivity index (χ0) is 20.7. The maximum Gasteiger partial charge on any atom is 0.242 e. The predicted molar refractivity (Wildman–Crippen MR) is 110 cm³/mol. The van der Waals surface area contributed by atoms with Gasteiger partial charge in [-0.3, -0.25) is 4.79 Å². The highest BCUT2D eigenvalue weighted by Gasteiger charge is 2.18. The Morgan fingerprint density at radius 3 is 2.69 bits per heavy atom. The number of sulfonamides is 1. The van der Waals surface area contributed by atoms with Gasteiger partial charge in [0.25, 0.3) is 0 Å². The number of aromatic nitrogens is 1. The summed E-state index contributed by atoms with van der Waals surface area (Å²) in [7, 11) is -3.77. The Bertz CT molecular complexity index is 949. The largest absolute Gasteiger partial charge is 0.378 e. The lowest BCUT2D eigenvalue weighted by Crippen LogP contribution is -2.38. The van der Waals surface area contributed by atoms with Crippen molar-refractivity contribution in [2.45, 2.75) is 17.9 Å². The number of halogens is 1. The highest BCUT2D eigenvalue weighted by Crippen LogP contribution is 2.20. The molecular formula is C19H23ClN4O4S. The third kappa shape index (κ3) is 5.89. The first-order valence-corrected chi connectivity index (χ1v) is 11.1. The molecule has 156 valence electrons. The van der Waals surface area contributed by atoms with Crippen molar-refractivity contribution in [3.05, 3.63) is 53.2 Å². The van der Waals surface area contributed by atoms with E-state index in [0.717, 1.165) is 24.5 Å². The van der Waals surface area contributed by atoms with E-state index in [1.165, 1.54) is 12.1 Å². The molecule has 2 aromatic rings. The fraction of sp³-hybridized carbons (Fsp3) is 0.368. The Labute approximate surface area is 175 Å². The molecule has 0 unspecified atom stereocenters. The summed E-state index contributed by atoms with van der Waals surface area (Å²) in [6, 6.07) is 9.90. The first-order chi connectivity index (χ1) is 14.0. The molecule has 1 fully saturated rings. The smallest absolute Gasteiger partial charge is 0.242 e. The molecule has 2 N–H and O–H groups in total. The van der Waals surface area contributed by atoms with Gasteiger partial charge < -0.3 is 15.0 Å². The van der Waals surface area contributed by atoms with Crippen LogP contribution in [-0.4, -0.2) is 52.2 Å². The minimum atomic E-state index is -3.77. The van der Waals surface area contributed by atoms with E-state index in [2.05, 4.69) is 19.9 Å². The fourth-order valence-electron chi connectivity index (χ4n) is 2.95. The number of rotatable bonds is 8. The van der Waals surface area contributed by atoms with Crippen molar-refractivity contribution in [2.24, 2.45) is 0 Å². The number of nitrogens with zero attached hydrogens (tertiary/aromatic N) is 2. The fourth-order valence-corrected chi connectivity index (χ4v) is 4.50. The first kappa shape index (κ1) is 21.5. The molecule has 1 aliphatic heterocycles. The molecule has 0 radical (unpaired) electrons. The zero-order valence-corrected chi connectivity index (χ0v) is 17.4. The Morgan fingerprint density at radius 2 is 1.93 bits per heavy atom. The van der Waals surface area contributed by atoms with Gasteiger partial charge in [-0.25, -0.2) is 18.1 Å². The molecule has 1 saturated heterocycles. The van der Waals surface area contributed by atoms with Crippen LogP contribution in [0.15, 0.2) is 47.5 Å². The molecule has 0 atom stereocenters. The summed E-state index contributed by atoms with van der Waals surface area (Å²) in [5, 5.41) is 2.95. The number of ether oxygens (including phenoxy) is 1. The average Bonchev–Trinajstić information content (AvgIpc) is 2.73. The number of nitrogens with one attached hydrogen (secondary N) is 2. The van der Waals surface area contributed by atoms with Gasteiger partial charge >= 0.3 is 0 Å². The van der Waals surface area contributed by atoms with Crippen LogP contribution in [0.5, 0.6) is 0 Å². The van der Waals surface area contributed by atoms with Crippen LogP contribution < -0.4 is 14.9 Å². The SMILES string of the molecule is O=C(CCNS(=O)(=O)c1ccccc1Cl)NCc1cccnc1N1CCOCC1. The van der Waals surface area contributed by atoms with E-state index in [1.54, 1.807) is 18.3 Å². The van der Waals surface area contributed by atoms with Gasteiger partial charge in [-0.2, -0.15) is 0 Å². The molecule has 0 bridgehead atoms. The molecule has 8 nitrogen and oxygen atoms in total. The molecule has 1 aliphatic rings. The van der Waals surface area contributed by atoms with Gasteiger partial charge in [0.05, 0.1) is 18.2 Å². The highest BCUT2D eigenvalue weighted by atomic mass is 35.5.